The number of nitriles is 1. The number of benzene rings is 1. The Labute approximate surface area is 155 Å². The Morgan fingerprint density at radius 3 is 2.96 bits per heavy atom. The fourth-order valence-electron chi connectivity index (χ4n) is 3.01. The highest BCUT2D eigenvalue weighted by Crippen LogP contribution is 2.27. The van der Waals surface area contributed by atoms with Gasteiger partial charge < -0.3 is 15.5 Å². The van der Waals surface area contributed by atoms with Crippen molar-refractivity contribution in [3.63, 3.8) is 0 Å². The number of aromatic amines is 1. The van der Waals surface area contributed by atoms with Gasteiger partial charge in [-0.2, -0.15) is 10.4 Å². The SMILES string of the molecule is Cc1c(C(=O)NCCCCCc2[nH]nc(N)c2C#N)oc2c(F)cccc12. The molecule has 0 radical (unpaired) electrons. The maximum atomic E-state index is 13.8. The van der Waals surface area contributed by atoms with Crippen LogP contribution in [0, 0.1) is 24.1 Å². The van der Waals surface area contributed by atoms with E-state index in [-0.39, 0.29) is 23.1 Å². The number of hydrogen-bond donors (Lipinski definition) is 3. The number of carbonyl (C=O) groups excluding carboxylic acids is 1. The molecule has 3 rings (SSSR count). The molecule has 140 valence electrons. The summed E-state index contributed by atoms with van der Waals surface area (Å²) in [5.74, 6) is -0.471. The minimum absolute atomic E-state index is 0.104. The topological polar surface area (TPSA) is 121 Å². The van der Waals surface area contributed by atoms with Gasteiger partial charge in [-0.1, -0.05) is 18.6 Å². The van der Waals surface area contributed by atoms with E-state index in [1.54, 1.807) is 19.1 Å². The molecule has 2 aromatic heterocycles. The molecule has 4 N–H and O–H groups in total. The summed E-state index contributed by atoms with van der Waals surface area (Å²) in [6.45, 7) is 2.22. The number of rotatable bonds is 7. The lowest BCUT2D eigenvalue weighted by molar-refractivity contribution is 0.0926. The number of anilines is 1. The summed E-state index contributed by atoms with van der Waals surface area (Å²) < 4.78 is 19.2. The zero-order chi connectivity index (χ0) is 19.4. The van der Waals surface area contributed by atoms with Crippen LogP contribution in [0.1, 0.15) is 46.6 Å². The maximum Gasteiger partial charge on any atom is 0.287 e. The number of nitrogens with zero attached hydrogens (tertiary/aromatic N) is 2. The second-order valence-electron chi connectivity index (χ2n) is 6.31. The molecule has 0 atom stereocenters. The Morgan fingerprint density at radius 1 is 1.41 bits per heavy atom. The zero-order valence-electron chi connectivity index (χ0n) is 14.9. The molecule has 0 aliphatic heterocycles. The predicted molar refractivity (Wildman–Crippen MR) is 98.5 cm³/mol. The minimum Gasteiger partial charge on any atom is -0.448 e. The molecule has 8 heteroatoms. The number of nitrogens with two attached hydrogens (primary N) is 1. The normalized spacial score (nSPS) is 10.9. The average Bonchev–Trinajstić information content (AvgIpc) is 3.19. The van der Waals surface area contributed by atoms with E-state index in [4.69, 9.17) is 15.4 Å². The van der Waals surface area contributed by atoms with Gasteiger partial charge in [0.15, 0.2) is 23.0 Å². The first-order valence-electron chi connectivity index (χ1n) is 8.71. The molecule has 0 aliphatic rings. The van der Waals surface area contributed by atoms with Crippen LogP contribution in [0.4, 0.5) is 10.2 Å². The molecule has 1 aromatic carbocycles. The van der Waals surface area contributed by atoms with E-state index in [1.807, 2.05) is 6.07 Å². The van der Waals surface area contributed by atoms with Gasteiger partial charge in [0.25, 0.3) is 5.91 Å². The lowest BCUT2D eigenvalue weighted by Crippen LogP contribution is -2.24. The fourth-order valence-corrected chi connectivity index (χ4v) is 3.01. The van der Waals surface area contributed by atoms with Gasteiger partial charge in [-0.15, -0.1) is 0 Å². The Kier molecular flexibility index (Phi) is 5.41. The predicted octanol–water partition coefficient (Wildman–Crippen LogP) is 3.20. The van der Waals surface area contributed by atoms with Crippen LogP contribution in [-0.4, -0.2) is 22.6 Å². The summed E-state index contributed by atoms with van der Waals surface area (Å²) in [4.78, 5) is 12.3. The van der Waals surface area contributed by atoms with Gasteiger partial charge >= 0.3 is 0 Å². The van der Waals surface area contributed by atoms with Crippen molar-refractivity contribution >= 4 is 22.7 Å². The van der Waals surface area contributed by atoms with Crippen molar-refractivity contribution in [2.75, 3.05) is 12.3 Å². The molecule has 27 heavy (non-hydrogen) atoms. The quantitative estimate of drug-likeness (QED) is 0.552. The molecule has 7 nitrogen and oxygen atoms in total. The molecule has 0 saturated heterocycles. The Morgan fingerprint density at radius 2 is 2.22 bits per heavy atom. The van der Waals surface area contributed by atoms with E-state index >= 15 is 0 Å². The molecule has 0 aliphatic carbocycles. The Hall–Kier alpha value is -3.34. The van der Waals surface area contributed by atoms with Crippen molar-refractivity contribution in [2.45, 2.75) is 32.6 Å². The number of furan rings is 1. The molecule has 2 heterocycles. The van der Waals surface area contributed by atoms with Crippen molar-refractivity contribution < 1.29 is 13.6 Å². The summed E-state index contributed by atoms with van der Waals surface area (Å²) in [5.41, 5.74) is 7.46. The van der Waals surface area contributed by atoms with E-state index < -0.39 is 5.82 Å². The second kappa shape index (κ2) is 7.91. The smallest absolute Gasteiger partial charge is 0.287 e. The van der Waals surface area contributed by atoms with Crippen LogP contribution in [0.2, 0.25) is 0 Å². The van der Waals surface area contributed by atoms with E-state index in [2.05, 4.69) is 15.5 Å². The van der Waals surface area contributed by atoms with Crippen LogP contribution in [0.25, 0.3) is 11.0 Å². The number of hydrogen-bond acceptors (Lipinski definition) is 5. The number of halogens is 1. The molecule has 1 amide bonds. The number of unbranched alkanes of at least 4 members (excludes halogenated alkanes) is 2. The molecule has 0 fully saturated rings. The first kappa shape index (κ1) is 18.5. The first-order valence-corrected chi connectivity index (χ1v) is 8.71. The largest absolute Gasteiger partial charge is 0.448 e. The summed E-state index contributed by atoms with van der Waals surface area (Å²) in [7, 11) is 0. The van der Waals surface area contributed by atoms with Gasteiger partial charge in [-0.3, -0.25) is 9.89 Å². The van der Waals surface area contributed by atoms with Gasteiger partial charge in [0.05, 0.1) is 5.69 Å². The van der Waals surface area contributed by atoms with Crippen molar-refractivity contribution in [3.8, 4) is 6.07 Å². The number of nitrogen functional groups attached to an aromatic ring is 1. The lowest BCUT2D eigenvalue weighted by Gasteiger charge is -2.04. The number of fused-ring (bicyclic) bond motifs is 1. The van der Waals surface area contributed by atoms with Gasteiger partial charge in [-0.25, -0.2) is 4.39 Å². The first-order chi connectivity index (χ1) is 13.0. The van der Waals surface area contributed by atoms with Crippen LogP contribution in [0.3, 0.4) is 0 Å². The van der Waals surface area contributed by atoms with E-state index in [0.717, 1.165) is 25.0 Å². The number of para-hydroxylation sites is 1. The summed E-state index contributed by atoms with van der Waals surface area (Å²) in [6, 6.07) is 6.66. The monoisotopic (exact) mass is 369 g/mol. The Bertz CT molecular complexity index is 1020. The molecule has 0 unspecified atom stereocenters. The molecule has 3 aromatic rings. The number of aryl methyl sites for hydroxylation is 2. The molecule has 0 saturated carbocycles. The highest BCUT2D eigenvalue weighted by Gasteiger charge is 2.19. The molecular weight excluding hydrogens is 349 g/mol. The molecule has 0 spiro atoms. The van der Waals surface area contributed by atoms with Crippen LogP contribution < -0.4 is 11.1 Å². The maximum absolute atomic E-state index is 13.8. The van der Waals surface area contributed by atoms with Crippen molar-refractivity contribution in [1.82, 2.24) is 15.5 Å². The molecular formula is C19H20FN5O2. The number of amides is 1. The molecule has 0 bridgehead atoms. The number of H-pyrrole nitrogens is 1. The van der Waals surface area contributed by atoms with Gasteiger partial charge in [-0.05, 0) is 32.3 Å². The highest BCUT2D eigenvalue weighted by molar-refractivity contribution is 5.98. The third-order valence-electron chi connectivity index (χ3n) is 4.49. The van der Waals surface area contributed by atoms with Crippen LogP contribution >= 0.6 is 0 Å². The van der Waals surface area contributed by atoms with Crippen molar-refractivity contribution in [2.24, 2.45) is 0 Å². The summed E-state index contributed by atoms with van der Waals surface area (Å²) in [6.07, 6.45) is 3.13. The van der Waals surface area contributed by atoms with E-state index in [1.165, 1.54) is 6.07 Å². The standard InChI is InChI=1S/C19H20FN5O2/c1-11-12-6-5-7-14(20)17(12)27-16(11)19(26)23-9-4-2-3-8-15-13(10-21)18(22)25-24-15/h5-7H,2-4,8-9H2,1H3,(H,23,26)(H3,22,24,25). The fraction of sp³-hybridized carbons (Fsp3) is 0.316. The van der Waals surface area contributed by atoms with Crippen molar-refractivity contribution in [1.29, 1.82) is 5.26 Å². The number of nitrogens with one attached hydrogen (secondary N) is 2. The highest BCUT2D eigenvalue weighted by atomic mass is 19.1. The van der Waals surface area contributed by atoms with Crippen LogP contribution in [0.5, 0.6) is 0 Å². The third-order valence-corrected chi connectivity index (χ3v) is 4.49. The summed E-state index contributed by atoms with van der Waals surface area (Å²) >= 11 is 0. The van der Waals surface area contributed by atoms with Gasteiger partial charge in [0, 0.05) is 17.5 Å². The summed E-state index contributed by atoms with van der Waals surface area (Å²) in [5, 5.41) is 19.0. The van der Waals surface area contributed by atoms with Gasteiger partial charge in [0.1, 0.15) is 11.6 Å². The number of carbonyl (C=O) groups is 1. The second-order valence-corrected chi connectivity index (χ2v) is 6.31. The van der Waals surface area contributed by atoms with E-state index in [9.17, 15) is 9.18 Å². The number of aromatic nitrogens is 2. The third kappa shape index (κ3) is 3.77. The zero-order valence-corrected chi connectivity index (χ0v) is 14.9. The lowest BCUT2D eigenvalue weighted by atomic mass is 10.1. The van der Waals surface area contributed by atoms with Crippen molar-refractivity contribution in [3.05, 3.63) is 46.6 Å². The minimum atomic E-state index is -0.481. The van der Waals surface area contributed by atoms with Crippen LogP contribution in [0.15, 0.2) is 22.6 Å². The van der Waals surface area contributed by atoms with Gasteiger partial charge in [0.2, 0.25) is 0 Å². The van der Waals surface area contributed by atoms with E-state index in [0.29, 0.717) is 29.5 Å². The Balaban J connectivity index is 1.47. The van der Waals surface area contributed by atoms with Crippen LogP contribution in [-0.2, 0) is 6.42 Å². The average molecular weight is 369 g/mol.